The van der Waals surface area contributed by atoms with Gasteiger partial charge in [0.2, 0.25) is 0 Å². The first-order chi connectivity index (χ1) is 28.7. The highest BCUT2D eigenvalue weighted by molar-refractivity contribution is 6.12. The monoisotopic (exact) mass is 746 g/mol. The van der Waals surface area contributed by atoms with Gasteiger partial charge in [-0.15, -0.1) is 0 Å². The molecule has 0 bridgehead atoms. The van der Waals surface area contributed by atoms with E-state index in [1.807, 2.05) is 54.6 Å². The lowest BCUT2D eigenvalue weighted by Gasteiger charge is -2.26. The van der Waals surface area contributed by atoms with Crippen molar-refractivity contribution >= 4 is 60.8 Å². The second-order valence-electron chi connectivity index (χ2n) is 14.6. The zero-order valence-corrected chi connectivity index (χ0v) is 31.4. The van der Waals surface area contributed by atoms with Crippen molar-refractivity contribution in [1.29, 1.82) is 0 Å². The van der Waals surface area contributed by atoms with Crippen molar-refractivity contribution in [2.45, 2.75) is 0 Å². The first-order valence-electron chi connectivity index (χ1n) is 19.5. The maximum atomic E-state index is 15.7. The number of nitrogens with zero attached hydrogens (tertiary/aromatic N) is 2. The summed E-state index contributed by atoms with van der Waals surface area (Å²) in [7, 11) is 0. The molecule has 0 aliphatic heterocycles. The molecule has 0 unspecified atom stereocenters. The van der Waals surface area contributed by atoms with E-state index in [0.29, 0.717) is 5.52 Å². The Bertz CT molecular complexity index is 3270. The van der Waals surface area contributed by atoms with E-state index in [-0.39, 0.29) is 5.82 Å². The molecule has 274 valence electrons. The average Bonchev–Trinajstić information content (AvgIpc) is 3.85. The summed E-state index contributed by atoms with van der Waals surface area (Å²) in [5.41, 5.74) is 14.0. The largest absolute Gasteiger partial charge is 0.456 e. The predicted molar refractivity (Wildman–Crippen MR) is 239 cm³/mol. The third-order valence-corrected chi connectivity index (χ3v) is 11.3. The third-order valence-electron chi connectivity index (χ3n) is 11.3. The van der Waals surface area contributed by atoms with E-state index in [9.17, 15) is 0 Å². The quantitative estimate of drug-likeness (QED) is 0.162. The van der Waals surface area contributed by atoms with E-state index in [2.05, 4.69) is 155 Å². The van der Waals surface area contributed by atoms with Gasteiger partial charge in [0.25, 0.3) is 0 Å². The molecule has 2 heterocycles. The number of para-hydroxylation sites is 4. The average molecular weight is 747 g/mol. The Morgan fingerprint density at radius 3 is 1.64 bits per heavy atom. The number of benzene rings is 9. The maximum absolute atomic E-state index is 15.7. The van der Waals surface area contributed by atoms with Gasteiger partial charge in [-0.25, -0.2) is 4.39 Å². The molecule has 0 radical (unpaired) electrons. The lowest BCUT2D eigenvalue weighted by Crippen LogP contribution is -2.09. The molecule has 0 amide bonds. The van der Waals surface area contributed by atoms with E-state index < -0.39 is 0 Å². The first-order valence-corrected chi connectivity index (χ1v) is 19.5. The van der Waals surface area contributed by atoms with Crippen molar-refractivity contribution in [1.82, 2.24) is 4.57 Å². The zero-order valence-electron chi connectivity index (χ0n) is 31.4. The summed E-state index contributed by atoms with van der Waals surface area (Å²) in [6, 6.07) is 73.0. The highest BCUT2D eigenvalue weighted by Gasteiger charge is 2.19. The Morgan fingerprint density at radius 1 is 0.379 bits per heavy atom. The second kappa shape index (κ2) is 13.8. The molecular weight excluding hydrogens is 712 g/mol. The van der Waals surface area contributed by atoms with Crippen molar-refractivity contribution in [2.24, 2.45) is 0 Å². The lowest BCUT2D eigenvalue weighted by atomic mass is 9.99. The molecule has 3 nitrogen and oxygen atoms in total. The van der Waals surface area contributed by atoms with Crippen LogP contribution in [0, 0.1) is 5.82 Å². The van der Waals surface area contributed by atoms with E-state index in [4.69, 9.17) is 4.42 Å². The molecule has 58 heavy (non-hydrogen) atoms. The van der Waals surface area contributed by atoms with Crippen molar-refractivity contribution in [3.8, 4) is 39.1 Å². The Balaban J connectivity index is 1.01. The van der Waals surface area contributed by atoms with E-state index in [0.717, 1.165) is 88.8 Å². The molecule has 11 rings (SSSR count). The number of hydrogen-bond acceptors (Lipinski definition) is 2. The first kappa shape index (κ1) is 33.6. The Morgan fingerprint density at radius 2 is 0.897 bits per heavy atom. The Labute approximate surface area is 335 Å². The Kier molecular flexibility index (Phi) is 8.00. The molecule has 11 aromatic rings. The highest BCUT2D eigenvalue weighted by atomic mass is 19.1. The fourth-order valence-electron chi connectivity index (χ4n) is 8.62. The fraction of sp³-hybridized carbons (Fsp3) is 0. The summed E-state index contributed by atoms with van der Waals surface area (Å²) >= 11 is 0. The summed E-state index contributed by atoms with van der Waals surface area (Å²) < 4.78 is 24.0. The van der Waals surface area contributed by atoms with Gasteiger partial charge in [0, 0.05) is 44.2 Å². The molecule has 4 heteroatoms. The van der Waals surface area contributed by atoms with Gasteiger partial charge in [0.15, 0.2) is 0 Å². The number of halogens is 1. The fourth-order valence-corrected chi connectivity index (χ4v) is 8.62. The molecule has 0 fully saturated rings. The van der Waals surface area contributed by atoms with Crippen LogP contribution in [0.25, 0.3) is 82.8 Å². The third kappa shape index (κ3) is 5.57. The van der Waals surface area contributed by atoms with Crippen LogP contribution in [0.4, 0.5) is 21.5 Å². The van der Waals surface area contributed by atoms with E-state index in [1.54, 1.807) is 12.1 Å². The van der Waals surface area contributed by atoms with Crippen LogP contribution >= 0.6 is 0 Å². The second-order valence-corrected chi connectivity index (χ2v) is 14.6. The molecule has 0 saturated carbocycles. The van der Waals surface area contributed by atoms with Crippen LogP contribution < -0.4 is 4.90 Å². The summed E-state index contributed by atoms with van der Waals surface area (Å²) in [5, 5.41) is 4.16. The maximum Gasteiger partial charge on any atom is 0.147 e. The van der Waals surface area contributed by atoms with Crippen molar-refractivity contribution in [2.75, 3.05) is 4.90 Å². The van der Waals surface area contributed by atoms with Crippen LogP contribution in [-0.4, -0.2) is 4.57 Å². The van der Waals surface area contributed by atoms with Crippen LogP contribution in [-0.2, 0) is 0 Å². The van der Waals surface area contributed by atoms with Crippen molar-refractivity contribution in [3.63, 3.8) is 0 Å². The van der Waals surface area contributed by atoms with Gasteiger partial charge in [-0.2, -0.15) is 0 Å². The van der Waals surface area contributed by atoms with Gasteiger partial charge in [-0.1, -0.05) is 146 Å². The van der Waals surface area contributed by atoms with Crippen LogP contribution in [0.5, 0.6) is 0 Å². The minimum atomic E-state index is -0.242. The molecule has 0 saturated heterocycles. The van der Waals surface area contributed by atoms with Crippen molar-refractivity contribution < 1.29 is 8.81 Å². The van der Waals surface area contributed by atoms with Gasteiger partial charge in [-0.3, -0.25) is 0 Å². The Hall–Kier alpha value is -7.69. The van der Waals surface area contributed by atoms with Gasteiger partial charge < -0.3 is 13.9 Å². The van der Waals surface area contributed by atoms with Gasteiger partial charge in [-0.05, 0) is 94.5 Å². The molecule has 0 spiro atoms. The minimum Gasteiger partial charge on any atom is -0.456 e. The number of rotatable bonds is 7. The smallest absolute Gasteiger partial charge is 0.147 e. The topological polar surface area (TPSA) is 21.3 Å². The predicted octanol–water partition coefficient (Wildman–Crippen LogP) is 15.3. The van der Waals surface area contributed by atoms with Gasteiger partial charge >= 0.3 is 0 Å². The van der Waals surface area contributed by atoms with E-state index in [1.165, 1.54) is 5.56 Å². The summed E-state index contributed by atoms with van der Waals surface area (Å²) in [6.45, 7) is 0. The molecule has 0 N–H and O–H groups in total. The van der Waals surface area contributed by atoms with Crippen LogP contribution in [0.3, 0.4) is 0 Å². The lowest BCUT2D eigenvalue weighted by molar-refractivity contribution is 0.635. The standard InChI is InChI=1S/C54H35FN2O/c55-48-19-10-18-46-45-15-5-8-21-50(45)57(54(46)48)49-20-7-4-14-43(49)38-26-32-41(33-27-38)56(40-30-24-37(25-31-40)36-12-2-1-3-13-36)42-34-28-39(29-35-42)44-17-11-23-52-53(44)47-16-6-9-22-51(47)58-52/h1-35H. The van der Waals surface area contributed by atoms with Gasteiger partial charge in [0.1, 0.15) is 17.0 Å². The molecule has 9 aromatic carbocycles. The molecule has 0 aliphatic rings. The van der Waals surface area contributed by atoms with E-state index >= 15 is 4.39 Å². The van der Waals surface area contributed by atoms with Crippen LogP contribution in [0.15, 0.2) is 217 Å². The van der Waals surface area contributed by atoms with Crippen LogP contribution in [0.1, 0.15) is 0 Å². The summed E-state index contributed by atoms with van der Waals surface area (Å²) in [6.07, 6.45) is 0. The zero-order chi connectivity index (χ0) is 38.6. The molecule has 0 aliphatic carbocycles. The molecular formula is C54H35FN2O. The van der Waals surface area contributed by atoms with Crippen LogP contribution in [0.2, 0.25) is 0 Å². The number of anilines is 3. The van der Waals surface area contributed by atoms with Gasteiger partial charge in [0.05, 0.1) is 16.7 Å². The number of furan rings is 1. The molecule has 2 aromatic heterocycles. The minimum absolute atomic E-state index is 0.242. The highest BCUT2D eigenvalue weighted by Crippen LogP contribution is 2.42. The summed E-state index contributed by atoms with van der Waals surface area (Å²) in [5.74, 6) is -0.242. The SMILES string of the molecule is Fc1cccc2c3ccccc3n(-c3ccccc3-c3ccc(N(c4ccc(-c5ccccc5)cc4)c4ccc(-c5cccc6oc7ccccc7c56)cc4)cc3)c12. The number of fused-ring (bicyclic) bond motifs is 6. The number of hydrogen-bond donors (Lipinski definition) is 0. The number of aromatic nitrogens is 1. The normalized spacial score (nSPS) is 11.5. The summed E-state index contributed by atoms with van der Waals surface area (Å²) in [4.78, 5) is 2.30. The molecule has 0 atom stereocenters. The van der Waals surface area contributed by atoms with Crippen molar-refractivity contribution in [3.05, 3.63) is 218 Å².